The van der Waals surface area contributed by atoms with Crippen LogP contribution in [0.4, 0.5) is 0 Å². The molecule has 0 saturated carbocycles. The fourth-order valence-electron chi connectivity index (χ4n) is 2.71. The maximum Gasteiger partial charge on any atom is 0.226 e. The minimum Gasteiger partial charge on any atom is -0.444 e. The molecule has 4 rings (SSSR count). The van der Waals surface area contributed by atoms with E-state index in [1.165, 1.54) is 5.56 Å². The molecule has 0 unspecified atom stereocenters. The monoisotopic (exact) mass is 377 g/mol. The summed E-state index contributed by atoms with van der Waals surface area (Å²) in [5, 5.41) is 13.8. The number of benzene rings is 1. The van der Waals surface area contributed by atoms with Gasteiger partial charge in [0.05, 0.1) is 11.4 Å². The topological polar surface area (TPSA) is 69.6 Å². The SMILES string of the molecule is Cc1ccc(-c2nc(CSc3ccc(-n4nc(C)cc4C)nn3)co2)cc1. The molecule has 0 saturated heterocycles. The van der Waals surface area contributed by atoms with Crippen molar-refractivity contribution >= 4 is 11.8 Å². The zero-order valence-electron chi connectivity index (χ0n) is 15.4. The molecule has 136 valence electrons. The van der Waals surface area contributed by atoms with E-state index in [9.17, 15) is 0 Å². The van der Waals surface area contributed by atoms with Gasteiger partial charge in [0.2, 0.25) is 5.89 Å². The number of aromatic nitrogens is 5. The van der Waals surface area contributed by atoms with Crippen LogP contribution in [0.15, 0.2) is 58.2 Å². The highest BCUT2D eigenvalue weighted by Gasteiger charge is 2.09. The third kappa shape index (κ3) is 3.93. The third-order valence-electron chi connectivity index (χ3n) is 4.07. The first-order chi connectivity index (χ1) is 13.1. The molecule has 6 nitrogen and oxygen atoms in total. The highest BCUT2D eigenvalue weighted by molar-refractivity contribution is 7.98. The molecule has 0 radical (unpaired) electrons. The Hall–Kier alpha value is -2.93. The average Bonchev–Trinajstić information content (AvgIpc) is 3.27. The molecule has 0 N–H and O–H groups in total. The van der Waals surface area contributed by atoms with E-state index in [4.69, 9.17) is 4.42 Å². The zero-order valence-corrected chi connectivity index (χ0v) is 16.2. The van der Waals surface area contributed by atoms with Crippen molar-refractivity contribution < 1.29 is 4.42 Å². The lowest BCUT2D eigenvalue weighted by molar-refractivity contribution is 0.573. The molecule has 27 heavy (non-hydrogen) atoms. The number of aryl methyl sites for hydroxylation is 3. The van der Waals surface area contributed by atoms with Gasteiger partial charge < -0.3 is 4.42 Å². The van der Waals surface area contributed by atoms with Crippen LogP contribution in [0.25, 0.3) is 17.3 Å². The summed E-state index contributed by atoms with van der Waals surface area (Å²) in [4.78, 5) is 4.55. The van der Waals surface area contributed by atoms with Crippen molar-refractivity contribution in [1.82, 2.24) is 25.0 Å². The normalized spacial score (nSPS) is 11.1. The van der Waals surface area contributed by atoms with Crippen molar-refractivity contribution in [3.8, 4) is 17.3 Å². The summed E-state index contributed by atoms with van der Waals surface area (Å²) in [6.45, 7) is 6.02. The highest BCUT2D eigenvalue weighted by atomic mass is 32.2. The predicted octanol–water partition coefficient (Wildman–Crippen LogP) is 4.53. The number of rotatable bonds is 5. The number of hydrogen-bond acceptors (Lipinski definition) is 6. The van der Waals surface area contributed by atoms with E-state index in [1.807, 2.05) is 56.3 Å². The van der Waals surface area contributed by atoms with Gasteiger partial charge in [-0.15, -0.1) is 10.2 Å². The highest BCUT2D eigenvalue weighted by Crippen LogP contribution is 2.24. The van der Waals surface area contributed by atoms with Gasteiger partial charge in [-0.3, -0.25) is 0 Å². The molecular weight excluding hydrogens is 358 g/mol. The minimum absolute atomic E-state index is 0.636. The van der Waals surface area contributed by atoms with Crippen molar-refractivity contribution in [2.24, 2.45) is 0 Å². The van der Waals surface area contributed by atoms with Crippen molar-refractivity contribution in [2.45, 2.75) is 31.6 Å². The number of nitrogens with zero attached hydrogens (tertiary/aromatic N) is 5. The Labute approximate surface area is 161 Å². The fraction of sp³-hybridized carbons (Fsp3) is 0.200. The smallest absolute Gasteiger partial charge is 0.226 e. The third-order valence-corrected chi connectivity index (χ3v) is 5.02. The second-order valence-corrected chi connectivity index (χ2v) is 7.36. The summed E-state index contributed by atoms with van der Waals surface area (Å²) in [5.41, 5.74) is 5.06. The van der Waals surface area contributed by atoms with Crippen LogP contribution in [0, 0.1) is 20.8 Å². The molecule has 0 amide bonds. The standard InChI is InChI=1S/C20H19N5OS/c1-13-4-6-16(7-5-13)20-21-17(11-26-20)12-27-19-9-8-18(22-23-19)25-15(3)10-14(2)24-25/h4-11H,12H2,1-3H3. The van der Waals surface area contributed by atoms with Gasteiger partial charge in [-0.2, -0.15) is 5.10 Å². The van der Waals surface area contributed by atoms with Gasteiger partial charge in [0.15, 0.2) is 5.82 Å². The van der Waals surface area contributed by atoms with Crippen LogP contribution in [-0.4, -0.2) is 25.0 Å². The summed E-state index contributed by atoms with van der Waals surface area (Å²) < 4.78 is 7.39. The second kappa shape index (κ2) is 7.36. The van der Waals surface area contributed by atoms with Crippen LogP contribution in [0.2, 0.25) is 0 Å². The van der Waals surface area contributed by atoms with Crippen molar-refractivity contribution in [3.05, 3.63) is 71.4 Å². The summed E-state index contributed by atoms with van der Waals surface area (Å²) in [5.74, 6) is 2.02. The van der Waals surface area contributed by atoms with Gasteiger partial charge in [-0.05, 0) is 51.1 Å². The fourth-order valence-corrected chi connectivity index (χ4v) is 3.40. The Balaban J connectivity index is 1.42. The van der Waals surface area contributed by atoms with Crippen LogP contribution < -0.4 is 0 Å². The first-order valence-corrected chi connectivity index (χ1v) is 9.59. The van der Waals surface area contributed by atoms with E-state index in [-0.39, 0.29) is 0 Å². The minimum atomic E-state index is 0.636. The van der Waals surface area contributed by atoms with Gasteiger partial charge in [0.25, 0.3) is 0 Å². The lowest BCUT2D eigenvalue weighted by Gasteiger charge is -2.03. The second-order valence-electron chi connectivity index (χ2n) is 6.37. The zero-order chi connectivity index (χ0) is 18.8. The Morgan fingerprint density at radius 3 is 2.48 bits per heavy atom. The predicted molar refractivity (Wildman–Crippen MR) is 105 cm³/mol. The maximum absolute atomic E-state index is 5.60. The van der Waals surface area contributed by atoms with Crippen LogP contribution in [-0.2, 0) is 5.75 Å². The molecule has 1 aromatic carbocycles. The molecule has 0 fully saturated rings. The molecule has 0 bridgehead atoms. The summed E-state index contributed by atoms with van der Waals surface area (Å²) in [7, 11) is 0. The first-order valence-electron chi connectivity index (χ1n) is 8.60. The van der Waals surface area contributed by atoms with Gasteiger partial charge in [0, 0.05) is 17.0 Å². The quantitative estimate of drug-likeness (QED) is 0.476. The molecule has 7 heteroatoms. The Morgan fingerprint density at radius 2 is 1.81 bits per heavy atom. The maximum atomic E-state index is 5.60. The molecule has 0 atom stereocenters. The first kappa shape index (κ1) is 17.5. The van der Waals surface area contributed by atoms with E-state index in [1.54, 1.807) is 22.7 Å². The summed E-state index contributed by atoms with van der Waals surface area (Å²) >= 11 is 1.57. The number of oxazole rings is 1. The molecule has 3 heterocycles. The van der Waals surface area contributed by atoms with Crippen LogP contribution in [0.3, 0.4) is 0 Å². The van der Waals surface area contributed by atoms with E-state index in [0.29, 0.717) is 17.5 Å². The molecular formula is C20H19N5OS. The van der Waals surface area contributed by atoms with E-state index < -0.39 is 0 Å². The largest absolute Gasteiger partial charge is 0.444 e. The molecule has 0 aliphatic rings. The van der Waals surface area contributed by atoms with E-state index in [0.717, 1.165) is 27.7 Å². The van der Waals surface area contributed by atoms with Gasteiger partial charge in [0.1, 0.15) is 11.3 Å². The molecule has 0 spiro atoms. The van der Waals surface area contributed by atoms with Crippen LogP contribution in [0.5, 0.6) is 0 Å². The summed E-state index contributed by atoms with van der Waals surface area (Å²) in [6.07, 6.45) is 1.69. The van der Waals surface area contributed by atoms with E-state index in [2.05, 4.69) is 27.2 Å². The van der Waals surface area contributed by atoms with Crippen LogP contribution >= 0.6 is 11.8 Å². The van der Waals surface area contributed by atoms with Gasteiger partial charge in [-0.1, -0.05) is 29.5 Å². The van der Waals surface area contributed by atoms with Gasteiger partial charge in [-0.25, -0.2) is 9.67 Å². The average molecular weight is 377 g/mol. The molecule has 0 aliphatic carbocycles. The van der Waals surface area contributed by atoms with E-state index >= 15 is 0 Å². The van der Waals surface area contributed by atoms with Crippen molar-refractivity contribution in [1.29, 1.82) is 0 Å². The van der Waals surface area contributed by atoms with Crippen LogP contribution in [0.1, 0.15) is 22.6 Å². The number of thioether (sulfide) groups is 1. The Bertz CT molecular complexity index is 1050. The van der Waals surface area contributed by atoms with Gasteiger partial charge >= 0.3 is 0 Å². The Kier molecular flexibility index (Phi) is 4.77. The lowest BCUT2D eigenvalue weighted by Crippen LogP contribution is -2.03. The van der Waals surface area contributed by atoms with Crippen molar-refractivity contribution in [3.63, 3.8) is 0 Å². The summed E-state index contributed by atoms with van der Waals surface area (Å²) in [6, 6.07) is 14.0. The lowest BCUT2D eigenvalue weighted by atomic mass is 10.1. The number of hydrogen-bond donors (Lipinski definition) is 0. The molecule has 3 aromatic heterocycles. The molecule has 4 aromatic rings. The molecule has 0 aliphatic heterocycles. The Morgan fingerprint density at radius 1 is 1.00 bits per heavy atom. The van der Waals surface area contributed by atoms with Crippen molar-refractivity contribution in [2.75, 3.05) is 0 Å².